The van der Waals surface area contributed by atoms with E-state index >= 15 is 0 Å². The van der Waals surface area contributed by atoms with Crippen LogP contribution in [0.15, 0.2) is 23.1 Å². The predicted molar refractivity (Wildman–Crippen MR) is 80.4 cm³/mol. The molecule has 1 fully saturated rings. The highest BCUT2D eigenvalue weighted by Gasteiger charge is 2.32. The molecule has 0 aromatic heterocycles. The van der Waals surface area contributed by atoms with Gasteiger partial charge in [-0.1, -0.05) is 6.07 Å². The van der Waals surface area contributed by atoms with Crippen LogP contribution in [0.4, 0.5) is 0 Å². The van der Waals surface area contributed by atoms with Crippen molar-refractivity contribution in [2.45, 2.75) is 24.7 Å². The van der Waals surface area contributed by atoms with Crippen LogP contribution < -0.4 is 11.5 Å². The third kappa shape index (κ3) is 3.12. The van der Waals surface area contributed by atoms with Gasteiger partial charge < -0.3 is 11.5 Å². The number of rotatable bonds is 4. The Balaban J connectivity index is 2.36. The number of piperidine rings is 1. The first-order chi connectivity index (χ1) is 10.2. The van der Waals surface area contributed by atoms with Crippen LogP contribution in [0.25, 0.3) is 0 Å². The van der Waals surface area contributed by atoms with Gasteiger partial charge in [0.15, 0.2) is 0 Å². The van der Waals surface area contributed by atoms with E-state index in [4.69, 9.17) is 11.5 Å². The highest BCUT2D eigenvalue weighted by atomic mass is 32.2. The average molecular weight is 325 g/mol. The van der Waals surface area contributed by atoms with E-state index in [9.17, 15) is 18.0 Å². The number of amides is 2. The van der Waals surface area contributed by atoms with Crippen molar-refractivity contribution in [2.75, 3.05) is 13.1 Å². The normalized spacial score (nSPS) is 19.8. The van der Waals surface area contributed by atoms with E-state index in [0.29, 0.717) is 24.9 Å². The van der Waals surface area contributed by atoms with Crippen molar-refractivity contribution >= 4 is 21.8 Å². The van der Waals surface area contributed by atoms with E-state index < -0.39 is 27.8 Å². The van der Waals surface area contributed by atoms with Crippen LogP contribution in [0, 0.1) is 12.8 Å². The zero-order valence-corrected chi connectivity index (χ0v) is 13.1. The fraction of sp³-hybridized carbons (Fsp3) is 0.429. The molecule has 4 N–H and O–H groups in total. The van der Waals surface area contributed by atoms with Gasteiger partial charge in [0, 0.05) is 18.7 Å². The van der Waals surface area contributed by atoms with Crippen LogP contribution in [0.2, 0.25) is 0 Å². The third-order valence-electron chi connectivity index (χ3n) is 3.90. The molecule has 1 aromatic rings. The van der Waals surface area contributed by atoms with Crippen LogP contribution in [0.3, 0.4) is 0 Å². The second-order valence-corrected chi connectivity index (χ2v) is 7.38. The monoisotopic (exact) mass is 325 g/mol. The lowest BCUT2D eigenvalue weighted by Crippen LogP contribution is -2.44. The summed E-state index contributed by atoms with van der Waals surface area (Å²) in [6, 6.07) is 4.26. The lowest BCUT2D eigenvalue weighted by atomic mass is 9.99. The lowest BCUT2D eigenvalue weighted by Gasteiger charge is -2.30. The second-order valence-electron chi connectivity index (χ2n) is 5.45. The van der Waals surface area contributed by atoms with Crippen LogP contribution >= 0.6 is 0 Å². The Morgan fingerprint density at radius 2 is 1.95 bits per heavy atom. The zero-order valence-electron chi connectivity index (χ0n) is 12.3. The van der Waals surface area contributed by atoms with E-state index in [2.05, 4.69) is 0 Å². The topological polar surface area (TPSA) is 124 Å². The van der Waals surface area contributed by atoms with Crippen molar-refractivity contribution < 1.29 is 18.0 Å². The third-order valence-corrected chi connectivity index (χ3v) is 5.76. The number of carbonyl (C=O) groups is 2. The van der Waals surface area contributed by atoms with Crippen molar-refractivity contribution in [3.05, 3.63) is 29.3 Å². The maximum atomic E-state index is 12.7. The SMILES string of the molecule is Cc1ccc(S(=O)(=O)N2CCC[C@@H](C(N)=O)C2)cc1C(N)=O. The summed E-state index contributed by atoms with van der Waals surface area (Å²) in [7, 11) is -3.78. The number of sulfonamides is 1. The summed E-state index contributed by atoms with van der Waals surface area (Å²) in [5.74, 6) is -1.66. The number of aryl methyl sites for hydroxylation is 1. The van der Waals surface area contributed by atoms with Gasteiger partial charge >= 0.3 is 0 Å². The smallest absolute Gasteiger partial charge is 0.249 e. The van der Waals surface area contributed by atoms with Crippen molar-refractivity contribution in [2.24, 2.45) is 17.4 Å². The fourth-order valence-corrected chi connectivity index (χ4v) is 4.12. The molecule has 1 aliphatic heterocycles. The van der Waals surface area contributed by atoms with Gasteiger partial charge in [-0.3, -0.25) is 9.59 Å². The van der Waals surface area contributed by atoms with Crippen molar-refractivity contribution in [1.29, 1.82) is 0 Å². The highest BCUT2D eigenvalue weighted by molar-refractivity contribution is 7.89. The van der Waals surface area contributed by atoms with Crippen molar-refractivity contribution in [1.82, 2.24) is 4.31 Å². The summed E-state index contributed by atoms with van der Waals surface area (Å²) in [5.41, 5.74) is 11.3. The lowest BCUT2D eigenvalue weighted by molar-refractivity contribution is -0.122. The molecule has 1 saturated heterocycles. The Bertz CT molecular complexity index is 715. The van der Waals surface area contributed by atoms with E-state index in [0.717, 1.165) is 0 Å². The van der Waals surface area contributed by atoms with Gasteiger partial charge in [0.05, 0.1) is 10.8 Å². The first-order valence-electron chi connectivity index (χ1n) is 6.93. The quantitative estimate of drug-likeness (QED) is 0.807. The number of hydrogen-bond acceptors (Lipinski definition) is 4. The van der Waals surface area contributed by atoms with Gasteiger partial charge in [-0.2, -0.15) is 4.31 Å². The first-order valence-corrected chi connectivity index (χ1v) is 8.37. The van der Waals surface area contributed by atoms with E-state index in [-0.39, 0.29) is 17.0 Å². The molecular formula is C14H19N3O4S. The van der Waals surface area contributed by atoms with E-state index in [1.54, 1.807) is 13.0 Å². The largest absolute Gasteiger partial charge is 0.369 e. The first kappa shape index (κ1) is 16.4. The number of hydrogen-bond donors (Lipinski definition) is 2. The van der Waals surface area contributed by atoms with Gasteiger partial charge in [0.1, 0.15) is 0 Å². The molecule has 120 valence electrons. The van der Waals surface area contributed by atoms with Crippen LogP contribution in [0.1, 0.15) is 28.8 Å². The van der Waals surface area contributed by atoms with Crippen LogP contribution in [-0.2, 0) is 14.8 Å². The molecule has 0 bridgehead atoms. The number of nitrogens with two attached hydrogens (primary N) is 2. The second kappa shape index (κ2) is 6.05. The number of nitrogens with zero attached hydrogens (tertiary/aromatic N) is 1. The summed E-state index contributed by atoms with van der Waals surface area (Å²) in [5, 5.41) is 0. The zero-order chi connectivity index (χ0) is 16.5. The molecule has 2 amide bonds. The summed E-state index contributed by atoms with van der Waals surface area (Å²) in [6.45, 7) is 2.07. The van der Waals surface area contributed by atoms with E-state index in [1.807, 2.05) is 0 Å². The molecule has 2 rings (SSSR count). The number of carbonyl (C=O) groups excluding carboxylic acids is 2. The summed E-state index contributed by atoms with van der Waals surface area (Å²) < 4.78 is 26.6. The Morgan fingerprint density at radius 3 is 2.55 bits per heavy atom. The standard InChI is InChI=1S/C14H19N3O4S/c1-9-4-5-11(7-12(9)14(16)19)22(20,21)17-6-2-3-10(8-17)13(15)18/h4-5,7,10H,2-3,6,8H2,1H3,(H2,15,18)(H2,16,19)/t10-/m1/s1. The molecule has 0 spiro atoms. The van der Waals surface area contributed by atoms with Gasteiger partial charge in [0.2, 0.25) is 21.8 Å². The molecule has 8 heteroatoms. The van der Waals surface area contributed by atoms with E-state index in [1.165, 1.54) is 16.4 Å². The Morgan fingerprint density at radius 1 is 1.27 bits per heavy atom. The van der Waals surface area contributed by atoms with Gasteiger partial charge in [0.25, 0.3) is 0 Å². The molecule has 0 aliphatic carbocycles. The minimum absolute atomic E-state index is 0.00276. The molecular weight excluding hydrogens is 306 g/mol. The molecule has 1 aromatic carbocycles. The van der Waals surface area contributed by atoms with Crippen molar-refractivity contribution in [3.63, 3.8) is 0 Å². The average Bonchev–Trinajstić information content (AvgIpc) is 2.47. The molecule has 22 heavy (non-hydrogen) atoms. The van der Waals surface area contributed by atoms with Crippen LogP contribution in [0.5, 0.6) is 0 Å². The Labute approximate surface area is 129 Å². The Kier molecular flexibility index (Phi) is 4.52. The molecule has 7 nitrogen and oxygen atoms in total. The number of benzene rings is 1. The highest BCUT2D eigenvalue weighted by Crippen LogP contribution is 2.25. The molecule has 1 heterocycles. The van der Waals surface area contributed by atoms with Gasteiger partial charge in [-0.25, -0.2) is 8.42 Å². The van der Waals surface area contributed by atoms with Gasteiger partial charge in [-0.15, -0.1) is 0 Å². The fourth-order valence-electron chi connectivity index (χ4n) is 2.57. The minimum atomic E-state index is -3.78. The summed E-state index contributed by atoms with van der Waals surface area (Å²) in [6.07, 6.45) is 1.16. The molecule has 1 aliphatic rings. The summed E-state index contributed by atoms with van der Waals surface area (Å²) in [4.78, 5) is 22.7. The summed E-state index contributed by atoms with van der Waals surface area (Å²) >= 11 is 0. The predicted octanol–water partition coefficient (Wildman–Crippen LogP) is -0.0201. The molecule has 0 radical (unpaired) electrons. The number of primary amides is 2. The molecule has 0 saturated carbocycles. The Hall–Kier alpha value is -1.93. The van der Waals surface area contributed by atoms with Crippen molar-refractivity contribution in [3.8, 4) is 0 Å². The van der Waals surface area contributed by atoms with Crippen LogP contribution in [-0.4, -0.2) is 37.6 Å². The molecule has 0 unspecified atom stereocenters. The van der Waals surface area contributed by atoms with Gasteiger partial charge in [-0.05, 0) is 37.5 Å². The molecule has 1 atom stereocenters. The maximum absolute atomic E-state index is 12.7. The minimum Gasteiger partial charge on any atom is -0.369 e. The maximum Gasteiger partial charge on any atom is 0.249 e.